The van der Waals surface area contributed by atoms with Crippen LogP contribution in [0.4, 0.5) is 5.00 Å². The zero-order chi connectivity index (χ0) is 18.2. The number of thiophene rings is 2. The number of carbonyl (C=O) groups excluding carboxylic acids is 2. The van der Waals surface area contributed by atoms with Crippen LogP contribution in [-0.4, -0.2) is 18.9 Å². The normalized spacial score (nSPS) is 17.0. The molecule has 1 aliphatic rings. The van der Waals surface area contributed by atoms with Crippen molar-refractivity contribution in [3.05, 3.63) is 38.4 Å². The van der Waals surface area contributed by atoms with E-state index in [4.69, 9.17) is 0 Å². The third-order valence-electron chi connectivity index (χ3n) is 4.92. The van der Waals surface area contributed by atoms with Crippen LogP contribution in [0.2, 0.25) is 0 Å². The Bertz CT molecular complexity index is 785. The first-order valence-electron chi connectivity index (χ1n) is 8.52. The average Bonchev–Trinajstić information content (AvgIpc) is 3.20. The van der Waals surface area contributed by atoms with Crippen LogP contribution in [0, 0.1) is 11.3 Å². The van der Waals surface area contributed by atoms with Gasteiger partial charge in [-0.25, -0.2) is 0 Å². The van der Waals surface area contributed by atoms with Crippen molar-refractivity contribution in [2.45, 2.75) is 40.0 Å². The summed E-state index contributed by atoms with van der Waals surface area (Å²) in [7, 11) is 1.64. The summed E-state index contributed by atoms with van der Waals surface area (Å²) >= 11 is 2.96. The van der Waals surface area contributed by atoms with Gasteiger partial charge >= 0.3 is 0 Å². The van der Waals surface area contributed by atoms with Crippen molar-refractivity contribution in [3.63, 3.8) is 0 Å². The fraction of sp³-hybridized carbons (Fsp3) is 0.474. The molecule has 25 heavy (non-hydrogen) atoms. The van der Waals surface area contributed by atoms with Crippen LogP contribution in [0.1, 0.15) is 57.7 Å². The van der Waals surface area contributed by atoms with Gasteiger partial charge in [0.1, 0.15) is 5.00 Å². The Kier molecular flexibility index (Phi) is 5.02. The van der Waals surface area contributed by atoms with E-state index in [2.05, 4.69) is 31.4 Å². The molecule has 0 aromatic carbocycles. The van der Waals surface area contributed by atoms with E-state index >= 15 is 0 Å². The lowest BCUT2D eigenvalue weighted by atomic mass is 9.72. The Morgan fingerprint density at radius 2 is 2.00 bits per heavy atom. The van der Waals surface area contributed by atoms with Crippen LogP contribution in [0.5, 0.6) is 0 Å². The molecule has 0 unspecified atom stereocenters. The Hall–Kier alpha value is -1.66. The predicted octanol–water partition coefficient (Wildman–Crippen LogP) is 4.57. The van der Waals surface area contributed by atoms with Gasteiger partial charge < -0.3 is 10.6 Å². The van der Waals surface area contributed by atoms with Crippen molar-refractivity contribution in [3.8, 4) is 0 Å². The second-order valence-corrected chi connectivity index (χ2v) is 9.58. The molecule has 0 aliphatic heterocycles. The zero-order valence-corrected chi connectivity index (χ0v) is 16.7. The van der Waals surface area contributed by atoms with E-state index < -0.39 is 0 Å². The SMILES string of the molecule is CNC(=O)c1c(NC(=O)c2cccs2)sc2c1CC[C@H](C(C)(C)C)C2. The lowest BCUT2D eigenvalue weighted by Gasteiger charge is -2.33. The Labute approximate surface area is 156 Å². The minimum atomic E-state index is -0.147. The van der Waals surface area contributed by atoms with E-state index in [1.54, 1.807) is 24.5 Å². The van der Waals surface area contributed by atoms with Gasteiger partial charge in [0.25, 0.3) is 11.8 Å². The molecule has 134 valence electrons. The first kappa shape index (κ1) is 18.1. The minimum Gasteiger partial charge on any atom is -0.355 e. The molecule has 0 saturated heterocycles. The van der Waals surface area contributed by atoms with Gasteiger partial charge in [-0.3, -0.25) is 9.59 Å². The second kappa shape index (κ2) is 6.92. The number of fused-ring (bicyclic) bond motifs is 1. The minimum absolute atomic E-state index is 0.117. The maximum Gasteiger partial charge on any atom is 0.266 e. The molecule has 0 fully saturated rings. The summed E-state index contributed by atoms with van der Waals surface area (Å²) < 4.78 is 0. The van der Waals surface area contributed by atoms with Gasteiger partial charge in [-0.2, -0.15) is 0 Å². The molecule has 6 heteroatoms. The van der Waals surface area contributed by atoms with Crippen LogP contribution in [-0.2, 0) is 12.8 Å². The van der Waals surface area contributed by atoms with Gasteiger partial charge in [-0.1, -0.05) is 26.8 Å². The monoisotopic (exact) mass is 376 g/mol. The highest BCUT2D eigenvalue weighted by Crippen LogP contribution is 2.44. The molecular formula is C19H24N2O2S2. The number of nitrogens with one attached hydrogen (secondary N) is 2. The lowest BCUT2D eigenvalue weighted by Crippen LogP contribution is -2.27. The fourth-order valence-electron chi connectivity index (χ4n) is 3.35. The quantitative estimate of drug-likeness (QED) is 0.824. The molecule has 1 aliphatic carbocycles. The number of anilines is 1. The van der Waals surface area contributed by atoms with Crippen LogP contribution >= 0.6 is 22.7 Å². The van der Waals surface area contributed by atoms with Crippen LogP contribution in [0.25, 0.3) is 0 Å². The van der Waals surface area contributed by atoms with Crippen molar-refractivity contribution in [2.75, 3.05) is 12.4 Å². The maximum absolute atomic E-state index is 12.5. The third kappa shape index (κ3) is 3.65. The maximum atomic E-state index is 12.5. The highest BCUT2D eigenvalue weighted by molar-refractivity contribution is 7.17. The number of hydrogen-bond donors (Lipinski definition) is 2. The van der Waals surface area contributed by atoms with Crippen LogP contribution in [0.3, 0.4) is 0 Å². The van der Waals surface area contributed by atoms with Crippen molar-refractivity contribution >= 4 is 39.5 Å². The first-order valence-corrected chi connectivity index (χ1v) is 10.2. The Morgan fingerprint density at radius 3 is 2.60 bits per heavy atom. The number of hydrogen-bond acceptors (Lipinski definition) is 4. The van der Waals surface area contributed by atoms with Gasteiger partial charge in [0.15, 0.2) is 0 Å². The first-order chi connectivity index (χ1) is 11.8. The summed E-state index contributed by atoms with van der Waals surface area (Å²) in [5.41, 5.74) is 2.01. The molecule has 2 heterocycles. The largest absolute Gasteiger partial charge is 0.355 e. The van der Waals surface area contributed by atoms with Gasteiger partial charge in [0, 0.05) is 11.9 Å². The van der Waals surface area contributed by atoms with Crippen molar-refractivity contribution in [1.82, 2.24) is 5.32 Å². The molecule has 2 amide bonds. The average molecular weight is 377 g/mol. The van der Waals surface area contributed by atoms with E-state index in [1.165, 1.54) is 16.2 Å². The zero-order valence-electron chi connectivity index (χ0n) is 15.1. The topological polar surface area (TPSA) is 58.2 Å². The highest BCUT2D eigenvalue weighted by atomic mass is 32.1. The fourth-order valence-corrected chi connectivity index (χ4v) is 5.29. The van der Waals surface area contributed by atoms with Gasteiger partial charge in [0.2, 0.25) is 0 Å². The molecule has 0 saturated carbocycles. The summed E-state index contributed by atoms with van der Waals surface area (Å²) in [6.45, 7) is 6.82. The van der Waals surface area contributed by atoms with Gasteiger partial charge in [-0.15, -0.1) is 22.7 Å². The second-order valence-electron chi connectivity index (χ2n) is 7.52. The van der Waals surface area contributed by atoms with Gasteiger partial charge in [-0.05, 0) is 47.6 Å². The van der Waals surface area contributed by atoms with E-state index in [-0.39, 0.29) is 17.2 Å². The molecule has 0 spiro atoms. The predicted molar refractivity (Wildman–Crippen MR) is 105 cm³/mol. The van der Waals surface area contributed by atoms with E-state index in [0.29, 0.717) is 21.4 Å². The Balaban J connectivity index is 1.94. The molecule has 1 atom stereocenters. The smallest absolute Gasteiger partial charge is 0.266 e. The molecule has 2 aromatic heterocycles. The van der Waals surface area contributed by atoms with E-state index in [9.17, 15) is 9.59 Å². The molecular weight excluding hydrogens is 352 g/mol. The van der Waals surface area contributed by atoms with E-state index in [1.807, 2.05) is 11.4 Å². The summed E-state index contributed by atoms with van der Waals surface area (Å²) in [4.78, 5) is 26.8. The van der Waals surface area contributed by atoms with Crippen LogP contribution in [0.15, 0.2) is 17.5 Å². The lowest BCUT2D eigenvalue weighted by molar-refractivity contribution is 0.0963. The van der Waals surface area contributed by atoms with Crippen molar-refractivity contribution in [2.24, 2.45) is 11.3 Å². The van der Waals surface area contributed by atoms with Crippen molar-refractivity contribution < 1.29 is 9.59 Å². The number of carbonyl (C=O) groups is 2. The third-order valence-corrected chi connectivity index (χ3v) is 6.95. The standard InChI is InChI=1S/C19H24N2O2S2/c1-19(2,3)11-7-8-12-14(10-11)25-18(15(12)17(23)20-4)21-16(22)13-6-5-9-24-13/h5-6,9,11H,7-8,10H2,1-4H3,(H,20,23)(H,21,22)/t11-/m0/s1. The molecule has 4 nitrogen and oxygen atoms in total. The highest BCUT2D eigenvalue weighted by Gasteiger charge is 2.33. The number of rotatable bonds is 3. The van der Waals surface area contributed by atoms with Crippen molar-refractivity contribution in [1.29, 1.82) is 0 Å². The molecule has 2 N–H and O–H groups in total. The summed E-state index contributed by atoms with van der Waals surface area (Å²) in [5, 5.41) is 8.25. The summed E-state index contributed by atoms with van der Waals surface area (Å²) in [6, 6.07) is 3.65. The molecule has 0 radical (unpaired) electrons. The molecule has 0 bridgehead atoms. The summed E-state index contributed by atoms with van der Waals surface area (Å²) in [6.07, 6.45) is 2.95. The van der Waals surface area contributed by atoms with E-state index in [0.717, 1.165) is 24.8 Å². The molecule has 3 rings (SSSR count). The van der Waals surface area contributed by atoms with Crippen LogP contribution < -0.4 is 10.6 Å². The summed E-state index contributed by atoms with van der Waals surface area (Å²) in [5.74, 6) is 0.330. The van der Waals surface area contributed by atoms with Gasteiger partial charge in [0.05, 0.1) is 10.4 Å². The molecule has 2 aromatic rings. The Morgan fingerprint density at radius 1 is 1.24 bits per heavy atom. The number of amides is 2.